The lowest BCUT2D eigenvalue weighted by molar-refractivity contribution is 0.520. The summed E-state index contributed by atoms with van der Waals surface area (Å²) in [6.45, 7) is 1.24. The van der Waals surface area contributed by atoms with Gasteiger partial charge in [0.15, 0.2) is 0 Å². The fourth-order valence-corrected chi connectivity index (χ4v) is 1.69. The van der Waals surface area contributed by atoms with Gasteiger partial charge in [0.25, 0.3) is 0 Å². The Hall–Kier alpha value is -1.68. The number of halogens is 1. The van der Waals surface area contributed by atoms with Crippen LogP contribution in [0.15, 0.2) is 42.7 Å². The molecule has 0 amide bonds. The maximum Gasteiger partial charge on any atom is 0.123 e. The first-order valence-corrected chi connectivity index (χ1v) is 5.22. The zero-order valence-corrected chi connectivity index (χ0v) is 8.88. The molecule has 1 atom stereocenters. The zero-order valence-electron chi connectivity index (χ0n) is 8.88. The molecular formula is C12H14FN3. The van der Waals surface area contributed by atoms with E-state index in [0.717, 1.165) is 12.1 Å². The molecule has 1 aromatic heterocycles. The molecule has 1 unspecified atom stereocenters. The van der Waals surface area contributed by atoms with Crippen molar-refractivity contribution < 1.29 is 4.39 Å². The summed E-state index contributed by atoms with van der Waals surface area (Å²) in [5.74, 6) is -0.0564. The van der Waals surface area contributed by atoms with Gasteiger partial charge in [-0.1, -0.05) is 12.1 Å². The van der Waals surface area contributed by atoms with E-state index in [-0.39, 0.29) is 11.7 Å². The Labute approximate surface area is 93.7 Å². The first kappa shape index (κ1) is 10.8. The lowest BCUT2D eigenvalue weighted by Gasteiger charge is -2.15. The van der Waals surface area contributed by atoms with Gasteiger partial charge in [0.2, 0.25) is 0 Å². The summed E-state index contributed by atoms with van der Waals surface area (Å²) in [7, 11) is 0. The fraction of sp³-hybridized carbons (Fsp3) is 0.250. The number of rotatable bonds is 4. The van der Waals surface area contributed by atoms with Crippen LogP contribution in [0.3, 0.4) is 0 Å². The maximum absolute atomic E-state index is 12.8. The molecule has 1 aromatic carbocycles. The van der Waals surface area contributed by atoms with Crippen molar-refractivity contribution in [2.45, 2.75) is 12.5 Å². The highest BCUT2D eigenvalue weighted by Crippen LogP contribution is 2.16. The number of nitrogens with two attached hydrogens (primary N) is 1. The van der Waals surface area contributed by atoms with Crippen LogP contribution in [0.25, 0.3) is 0 Å². The Morgan fingerprint density at radius 3 is 2.62 bits per heavy atom. The molecule has 0 spiro atoms. The Balaban J connectivity index is 2.13. The minimum Gasteiger partial charge on any atom is -0.330 e. The van der Waals surface area contributed by atoms with Crippen molar-refractivity contribution in [3.8, 4) is 0 Å². The second-order valence-corrected chi connectivity index (χ2v) is 3.71. The standard InChI is InChI=1S/C12H14FN3/c13-12-4-2-10(3-5-12)11(8-14)9-16-7-1-6-15-16/h1-7,11H,8-9,14H2. The van der Waals surface area contributed by atoms with Crippen LogP contribution in [0.5, 0.6) is 0 Å². The molecule has 0 saturated heterocycles. The van der Waals surface area contributed by atoms with Crippen molar-refractivity contribution >= 4 is 0 Å². The van der Waals surface area contributed by atoms with Gasteiger partial charge in [-0.15, -0.1) is 0 Å². The minimum absolute atomic E-state index is 0.167. The lowest BCUT2D eigenvalue weighted by Crippen LogP contribution is -2.18. The smallest absolute Gasteiger partial charge is 0.123 e. The number of hydrogen-bond donors (Lipinski definition) is 1. The molecule has 3 nitrogen and oxygen atoms in total. The summed E-state index contributed by atoms with van der Waals surface area (Å²) in [6, 6.07) is 8.34. The molecule has 2 aromatic rings. The van der Waals surface area contributed by atoms with Crippen LogP contribution in [0.2, 0.25) is 0 Å². The van der Waals surface area contributed by atoms with Crippen LogP contribution in [0.4, 0.5) is 4.39 Å². The van der Waals surface area contributed by atoms with E-state index in [1.807, 2.05) is 16.9 Å². The highest BCUT2D eigenvalue weighted by atomic mass is 19.1. The second-order valence-electron chi connectivity index (χ2n) is 3.71. The molecule has 2 N–H and O–H groups in total. The van der Waals surface area contributed by atoms with Crippen molar-refractivity contribution in [1.29, 1.82) is 0 Å². The number of benzene rings is 1. The Morgan fingerprint density at radius 2 is 2.06 bits per heavy atom. The summed E-state index contributed by atoms with van der Waals surface area (Å²) >= 11 is 0. The van der Waals surface area contributed by atoms with Crippen LogP contribution < -0.4 is 5.73 Å². The normalized spacial score (nSPS) is 12.6. The van der Waals surface area contributed by atoms with Crippen molar-refractivity contribution in [2.24, 2.45) is 5.73 Å². The van der Waals surface area contributed by atoms with Gasteiger partial charge in [-0.2, -0.15) is 5.10 Å². The van der Waals surface area contributed by atoms with Gasteiger partial charge >= 0.3 is 0 Å². The molecule has 0 aliphatic carbocycles. The average Bonchev–Trinajstić information content (AvgIpc) is 2.80. The zero-order chi connectivity index (χ0) is 11.4. The van der Waals surface area contributed by atoms with E-state index in [1.165, 1.54) is 12.1 Å². The third-order valence-electron chi connectivity index (χ3n) is 2.59. The maximum atomic E-state index is 12.8. The van der Waals surface area contributed by atoms with E-state index in [1.54, 1.807) is 18.3 Å². The van der Waals surface area contributed by atoms with Crippen LogP contribution in [-0.4, -0.2) is 16.3 Å². The van der Waals surface area contributed by atoms with Gasteiger partial charge in [-0.3, -0.25) is 4.68 Å². The van der Waals surface area contributed by atoms with Crippen molar-refractivity contribution in [2.75, 3.05) is 6.54 Å². The monoisotopic (exact) mass is 219 g/mol. The lowest BCUT2D eigenvalue weighted by atomic mass is 9.99. The van der Waals surface area contributed by atoms with Gasteiger partial charge in [0, 0.05) is 31.4 Å². The fourth-order valence-electron chi connectivity index (χ4n) is 1.69. The third-order valence-corrected chi connectivity index (χ3v) is 2.59. The summed E-state index contributed by atoms with van der Waals surface area (Å²) in [4.78, 5) is 0. The van der Waals surface area contributed by atoms with Crippen LogP contribution in [0, 0.1) is 5.82 Å². The van der Waals surface area contributed by atoms with Crippen molar-refractivity contribution in [3.63, 3.8) is 0 Å². The molecule has 0 radical (unpaired) electrons. The second kappa shape index (κ2) is 4.90. The molecular weight excluding hydrogens is 205 g/mol. The molecule has 0 saturated carbocycles. The van der Waals surface area contributed by atoms with Crippen molar-refractivity contribution in [1.82, 2.24) is 9.78 Å². The molecule has 0 aliphatic rings. The number of aromatic nitrogens is 2. The van der Waals surface area contributed by atoms with Gasteiger partial charge in [0.1, 0.15) is 5.82 Å². The molecule has 4 heteroatoms. The van der Waals surface area contributed by atoms with Crippen LogP contribution in [0.1, 0.15) is 11.5 Å². The quantitative estimate of drug-likeness (QED) is 0.851. The van der Waals surface area contributed by atoms with E-state index in [9.17, 15) is 4.39 Å². The van der Waals surface area contributed by atoms with E-state index in [2.05, 4.69) is 5.10 Å². The molecule has 16 heavy (non-hydrogen) atoms. The predicted molar refractivity (Wildman–Crippen MR) is 60.4 cm³/mol. The predicted octanol–water partition coefficient (Wildman–Crippen LogP) is 1.76. The number of nitrogens with zero attached hydrogens (tertiary/aromatic N) is 2. The Kier molecular flexibility index (Phi) is 3.31. The molecule has 0 fully saturated rings. The van der Waals surface area contributed by atoms with E-state index >= 15 is 0 Å². The number of hydrogen-bond acceptors (Lipinski definition) is 2. The summed E-state index contributed by atoms with van der Waals surface area (Å²) < 4.78 is 14.6. The van der Waals surface area contributed by atoms with Gasteiger partial charge < -0.3 is 5.73 Å². The summed E-state index contributed by atoms with van der Waals surface area (Å²) in [5.41, 5.74) is 6.77. The molecule has 0 aliphatic heterocycles. The Morgan fingerprint density at radius 1 is 1.31 bits per heavy atom. The highest BCUT2D eigenvalue weighted by Gasteiger charge is 2.10. The van der Waals surface area contributed by atoms with E-state index in [4.69, 9.17) is 5.73 Å². The largest absolute Gasteiger partial charge is 0.330 e. The topological polar surface area (TPSA) is 43.8 Å². The van der Waals surface area contributed by atoms with Gasteiger partial charge in [-0.05, 0) is 23.8 Å². The van der Waals surface area contributed by atoms with Crippen LogP contribution in [-0.2, 0) is 6.54 Å². The first-order valence-electron chi connectivity index (χ1n) is 5.22. The van der Waals surface area contributed by atoms with Gasteiger partial charge in [-0.25, -0.2) is 4.39 Å². The van der Waals surface area contributed by atoms with E-state index in [0.29, 0.717) is 6.54 Å². The summed E-state index contributed by atoms with van der Waals surface area (Å²) in [5, 5.41) is 4.13. The van der Waals surface area contributed by atoms with Crippen LogP contribution >= 0.6 is 0 Å². The summed E-state index contributed by atoms with van der Waals surface area (Å²) in [6.07, 6.45) is 3.63. The SMILES string of the molecule is NCC(Cn1cccn1)c1ccc(F)cc1. The minimum atomic E-state index is -0.224. The van der Waals surface area contributed by atoms with Crippen molar-refractivity contribution in [3.05, 3.63) is 54.1 Å². The Bertz CT molecular complexity index is 422. The third kappa shape index (κ3) is 2.46. The van der Waals surface area contributed by atoms with Gasteiger partial charge in [0.05, 0.1) is 0 Å². The molecule has 0 bridgehead atoms. The molecule has 2 rings (SSSR count). The molecule has 84 valence electrons. The highest BCUT2D eigenvalue weighted by molar-refractivity contribution is 5.20. The average molecular weight is 219 g/mol. The first-order chi connectivity index (χ1) is 7.79. The molecule has 1 heterocycles. The van der Waals surface area contributed by atoms with E-state index < -0.39 is 0 Å².